The molecule has 1 spiro atoms. The van der Waals surface area contributed by atoms with Gasteiger partial charge in [-0.1, -0.05) is 0 Å². The molecule has 0 saturated carbocycles. The highest BCUT2D eigenvalue weighted by molar-refractivity contribution is 5.00. The molecule has 2 fully saturated rings. The average molecular weight is 322 g/mol. The first-order valence-electron chi connectivity index (χ1n) is 8.77. The lowest BCUT2D eigenvalue weighted by Crippen LogP contribution is -2.45. The van der Waals surface area contributed by atoms with E-state index in [0.717, 1.165) is 51.4 Å². The van der Waals surface area contributed by atoms with Gasteiger partial charge in [0.15, 0.2) is 0 Å². The summed E-state index contributed by atoms with van der Waals surface area (Å²) in [6, 6.07) is 4.54. The van der Waals surface area contributed by atoms with Crippen molar-refractivity contribution in [1.29, 1.82) is 0 Å². The fourth-order valence-corrected chi connectivity index (χ4v) is 3.52. The Morgan fingerprint density at radius 1 is 1.43 bits per heavy atom. The van der Waals surface area contributed by atoms with E-state index >= 15 is 0 Å². The molecule has 0 aliphatic carbocycles. The largest absolute Gasteiger partial charge is 0.468 e. The lowest BCUT2D eigenvalue weighted by atomic mass is 10.00. The number of nitrogens with zero attached hydrogens (tertiary/aromatic N) is 2. The second-order valence-corrected chi connectivity index (χ2v) is 7.34. The average Bonchev–Trinajstić information content (AvgIpc) is 3.09. The number of likely N-dealkylation sites (N-methyl/N-ethyl adjacent to an activating group) is 1. The number of furan rings is 1. The van der Waals surface area contributed by atoms with Crippen LogP contribution in [0.2, 0.25) is 0 Å². The third-order valence-electron chi connectivity index (χ3n) is 5.10. The number of hydrogen-bond acceptors (Lipinski definition) is 5. The molecule has 130 valence electrons. The summed E-state index contributed by atoms with van der Waals surface area (Å²) in [7, 11) is 2.17. The molecule has 0 aromatic carbocycles. The van der Waals surface area contributed by atoms with Crippen molar-refractivity contribution >= 4 is 0 Å². The van der Waals surface area contributed by atoms with Crippen LogP contribution in [0.25, 0.3) is 0 Å². The van der Waals surface area contributed by atoms with Crippen LogP contribution in [-0.2, 0) is 16.0 Å². The molecule has 3 rings (SSSR count). The molecule has 2 aliphatic heterocycles. The van der Waals surface area contributed by atoms with Crippen molar-refractivity contribution in [2.45, 2.75) is 51.0 Å². The molecule has 1 aromatic heterocycles. The molecule has 23 heavy (non-hydrogen) atoms. The monoisotopic (exact) mass is 322 g/mol. The van der Waals surface area contributed by atoms with E-state index in [1.165, 1.54) is 0 Å². The first kappa shape index (κ1) is 17.0. The molecule has 2 aliphatic rings. The van der Waals surface area contributed by atoms with Gasteiger partial charge >= 0.3 is 0 Å². The van der Waals surface area contributed by atoms with Crippen LogP contribution in [0.3, 0.4) is 0 Å². The van der Waals surface area contributed by atoms with Crippen molar-refractivity contribution < 1.29 is 13.9 Å². The van der Waals surface area contributed by atoms with Gasteiger partial charge in [0, 0.05) is 25.7 Å². The Labute approximate surface area is 139 Å². The van der Waals surface area contributed by atoms with E-state index in [0.29, 0.717) is 18.8 Å². The SMILES string of the molecule is CC(C)N(C)C[C@@H]1CC[C@@]2(COCCN(Cc3ccco3)C2)O1. The molecule has 2 atom stereocenters. The molecular weight excluding hydrogens is 292 g/mol. The predicted octanol–water partition coefficient (Wildman–Crippen LogP) is 2.37. The minimum Gasteiger partial charge on any atom is -0.468 e. The Morgan fingerprint density at radius 2 is 2.30 bits per heavy atom. The normalized spacial score (nSPS) is 29.7. The smallest absolute Gasteiger partial charge is 0.117 e. The Morgan fingerprint density at radius 3 is 3.04 bits per heavy atom. The summed E-state index contributed by atoms with van der Waals surface area (Å²) in [6.07, 6.45) is 4.26. The standard InChI is InChI=1S/C18H30N2O3/c1-15(2)19(3)11-17-6-7-18(23-17)13-20(8-10-21-14-18)12-16-5-4-9-22-16/h4-5,9,15,17H,6-8,10-14H2,1-3H3/t17-,18+/m0/s1. The van der Waals surface area contributed by atoms with Crippen molar-refractivity contribution in [3.63, 3.8) is 0 Å². The highest BCUT2D eigenvalue weighted by atomic mass is 16.6. The maximum Gasteiger partial charge on any atom is 0.117 e. The predicted molar refractivity (Wildman–Crippen MR) is 89.4 cm³/mol. The van der Waals surface area contributed by atoms with Gasteiger partial charge in [-0.15, -0.1) is 0 Å². The highest BCUT2D eigenvalue weighted by Crippen LogP contribution is 2.33. The summed E-state index contributed by atoms with van der Waals surface area (Å²) in [5, 5.41) is 0. The van der Waals surface area contributed by atoms with Gasteiger partial charge in [-0.2, -0.15) is 0 Å². The molecule has 0 radical (unpaired) electrons. The molecule has 1 aromatic rings. The van der Waals surface area contributed by atoms with Crippen LogP contribution in [-0.4, -0.2) is 67.4 Å². The third-order valence-corrected chi connectivity index (χ3v) is 5.10. The Balaban J connectivity index is 1.59. The topological polar surface area (TPSA) is 38.1 Å². The second kappa shape index (κ2) is 7.34. The summed E-state index contributed by atoms with van der Waals surface area (Å²) in [4.78, 5) is 4.77. The third kappa shape index (κ3) is 4.35. The Hall–Kier alpha value is -0.880. The van der Waals surface area contributed by atoms with Crippen molar-refractivity contribution in [3.05, 3.63) is 24.2 Å². The summed E-state index contributed by atoms with van der Waals surface area (Å²) in [6.45, 7) is 9.62. The maximum atomic E-state index is 6.50. The lowest BCUT2D eigenvalue weighted by Gasteiger charge is -2.32. The molecule has 5 heteroatoms. The zero-order chi connectivity index (χ0) is 16.3. The van der Waals surface area contributed by atoms with Crippen molar-refractivity contribution in [2.24, 2.45) is 0 Å². The van der Waals surface area contributed by atoms with E-state index in [-0.39, 0.29) is 5.60 Å². The summed E-state index contributed by atoms with van der Waals surface area (Å²) >= 11 is 0. The number of ether oxygens (including phenoxy) is 2. The van der Waals surface area contributed by atoms with Gasteiger partial charge in [0.05, 0.1) is 32.1 Å². The molecule has 5 nitrogen and oxygen atoms in total. The van der Waals surface area contributed by atoms with Crippen LogP contribution in [0.1, 0.15) is 32.4 Å². The Kier molecular flexibility index (Phi) is 5.42. The highest BCUT2D eigenvalue weighted by Gasteiger charge is 2.43. The molecule has 2 saturated heterocycles. The molecule has 3 heterocycles. The molecule has 0 bridgehead atoms. The van der Waals surface area contributed by atoms with Gasteiger partial charge in [-0.05, 0) is 45.9 Å². The van der Waals surface area contributed by atoms with Crippen LogP contribution in [0.4, 0.5) is 0 Å². The molecular formula is C18H30N2O3. The number of hydrogen-bond donors (Lipinski definition) is 0. The van der Waals surface area contributed by atoms with Crippen molar-refractivity contribution in [3.8, 4) is 0 Å². The van der Waals surface area contributed by atoms with Gasteiger partial charge < -0.3 is 18.8 Å². The zero-order valence-electron chi connectivity index (χ0n) is 14.7. The fraction of sp³-hybridized carbons (Fsp3) is 0.778. The zero-order valence-corrected chi connectivity index (χ0v) is 14.7. The van der Waals surface area contributed by atoms with Gasteiger partial charge in [0.1, 0.15) is 11.4 Å². The first-order valence-corrected chi connectivity index (χ1v) is 8.77. The molecule has 0 N–H and O–H groups in total. The summed E-state index contributed by atoms with van der Waals surface area (Å²) in [5.41, 5.74) is -0.147. The molecule has 0 amide bonds. The van der Waals surface area contributed by atoms with Crippen molar-refractivity contribution in [1.82, 2.24) is 9.80 Å². The minimum atomic E-state index is -0.147. The van der Waals surface area contributed by atoms with E-state index in [4.69, 9.17) is 13.9 Å². The lowest BCUT2D eigenvalue weighted by molar-refractivity contribution is -0.0926. The van der Waals surface area contributed by atoms with Gasteiger partial charge in [0.2, 0.25) is 0 Å². The van der Waals surface area contributed by atoms with Gasteiger partial charge in [-0.3, -0.25) is 4.90 Å². The maximum absolute atomic E-state index is 6.50. The van der Waals surface area contributed by atoms with E-state index in [1.54, 1.807) is 6.26 Å². The van der Waals surface area contributed by atoms with Crippen LogP contribution in [0.15, 0.2) is 22.8 Å². The minimum absolute atomic E-state index is 0.147. The first-order chi connectivity index (χ1) is 11.1. The fourth-order valence-electron chi connectivity index (χ4n) is 3.52. The van der Waals surface area contributed by atoms with E-state index < -0.39 is 0 Å². The van der Waals surface area contributed by atoms with Gasteiger partial charge in [0.25, 0.3) is 0 Å². The van der Waals surface area contributed by atoms with E-state index in [1.807, 2.05) is 12.1 Å². The second-order valence-electron chi connectivity index (χ2n) is 7.34. The van der Waals surface area contributed by atoms with Crippen LogP contribution >= 0.6 is 0 Å². The van der Waals surface area contributed by atoms with E-state index in [9.17, 15) is 0 Å². The van der Waals surface area contributed by atoms with E-state index in [2.05, 4.69) is 30.7 Å². The van der Waals surface area contributed by atoms with Crippen LogP contribution < -0.4 is 0 Å². The Bertz CT molecular complexity index is 477. The van der Waals surface area contributed by atoms with Crippen molar-refractivity contribution in [2.75, 3.05) is 39.9 Å². The summed E-state index contributed by atoms with van der Waals surface area (Å²) < 4.78 is 17.9. The quantitative estimate of drug-likeness (QED) is 0.832. The summed E-state index contributed by atoms with van der Waals surface area (Å²) in [5.74, 6) is 1.01. The molecule has 0 unspecified atom stereocenters. The van der Waals surface area contributed by atoms with Crippen LogP contribution in [0, 0.1) is 0 Å². The number of rotatable bonds is 5. The van der Waals surface area contributed by atoms with Crippen LogP contribution in [0.5, 0.6) is 0 Å². The van der Waals surface area contributed by atoms with Gasteiger partial charge in [-0.25, -0.2) is 0 Å².